The molecule has 9 heteroatoms. The molecule has 0 aliphatic heterocycles. The molecule has 1 aliphatic carbocycles. The second kappa shape index (κ2) is 14.2. The maximum atomic E-state index is 13.7. The third-order valence-corrected chi connectivity index (χ3v) is 6.77. The van der Waals surface area contributed by atoms with Crippen LogP contribution in [0.25, 0.3) is 4.91 Å². The molecule has 1 saturated carbocycles. The van der Waals surface area contributed by atoms with Crippen molar-refractivity contribution in [2.24, 2.45) is 5.84 Å². The molecule has 1 aliphatic rings. The number of thioether (sulfide) groups is 1. The lowest BCUT2D eigenvalue weighted by atomic mass is 9.93. The van der Waals surface area contributed by atoms with Crippen LogP contribution in [0, 0.1) is 0 Å². The first-order chi connectivity index (χ1) is 16.4. The fraction of sp³-hybridized carbons (Fsp3) is 0.280. The molecule has 0 saturated heterocycles. The van der Waals surface area contributed by atoms with Crippen LogP contribution < -0.4 is 11.7 Å². The molecule has 34 heavy (non-hydrogen) atoms. The van der Waals surface area contributed by atoms with Crippen molar-refractivity contribution in [2.45, 2.75) is 38.1 Å². The van der Waals surface area contributed by atoms with Crippen molar-refractivity contribution < 1.29 is 20.5 Å². The van der Waals surface area contributed by atoms with Crippen molar-refractivity contribution in [2.75, 3.05) is 6.26 Å². The fourth-order valence-corrected chi connectivity index (χ4v) is 5.03. The third-order valence-electron chi connectivity index (χ3n) is 5.43. The summed E-state index contributed by atoms with van der Waals surface area (Å²) in [5.41, 5.74) is 1.60. The summed E-state index contributed by atoms with van der Waals surface area (Å²) in [6.45, 7) is 0. The van der Waals surface area contributed by atoms with Crippen molar-refractivity contribution in [3.05, 3.63) is 87.6 Å². The summed E-state index contributed by atoms with van der Waals surface area (Å²) in [4.78, 5) is 28.0. The number of carbonyl (C=O) groups is 2. The highest BCUT2D eigenvalue weighted by atomic mass is 35.5. The van der Waals surface area contributed by atoms with E-state index in [9.17, 15) is 14.7 Å². The maximum absolute atomic E-state index is 13.7. The molecule has 0 spiro atoms. The molecule has 2 aromatic carbocycles. The zero-order chi connectivity index (χ0) is 25.1. The summed E-state index contributed by atoms with van der Waals surface area (Å²) < 4.78 is 0. The van der Waals surface area contributed by atoms with Gasteiger partial charge in [0.05, 0.1) is 16.3 Å². The van der Waals surface area contributed by atoms with Gasteiger partial charge >= 0.3 is 5.97 Å². The first-order valence-electron chi connectivity index (χ1n) is 10.9. The van der Waals surface area contributed by atoms with Crippen LogP contribution in [0.15, 0.2) is 66.4 Å². The Morgan fingerprint density at radius 2 is 1.71 bits per heavy atom. The Kier molecular flexibility index (Phi) is 11.7. The number of allylic oxidation sites excluding steroid dienone is 1. The van der Waals surface area contributed by atoms with Gasteiger partial charge in [-0.2, -0.15) is 5.84 Å². The largest absolute Gasteiger partial charge is 0.478 e. The number of carbonyl (C=O) groups excluding carboxylic acids is 1. The van der Waals surface area contributed by atoms with Gasteiger partial charge in [0.1, 0.15) is 0 Å². The fourth-order valence-electron chi connectivity index (χ4n) is 3.93. The number of nitrogens with two attached hydrogens (primary N) is 1. The average molecular weight is 524 g/mol. The summed E-state index contributed by atoms with van der Waals surface area (Å²) in [5.74, 6) is 5.57. The molecular weight excluding hydrogens is 493 g/mol. The Morgan fingerprint density at radius 1 is 1.06 bits per heavy atom. The van der Waals surface area contributed by atoms with Crippen molar-refractivity contribution in [1.29, 1.82) is 0 Å². The Hall–Kier alpha value is -2.29. The van der Waals surface area contributed by atoms with E-state index >= 15 is 0 Å². The minimum absolute atomic E-state index is 0.108. The zero-order valence-electron chi connectivity index (χ0n) is 19.0. The smallest absolute Gasteiger partial charge is 0.330 e. The van der Waals surface area contributed by atoms with E-state index in [0.717, 1.165) is 48.6 Å². The van der Waals surface area contributed by atoms with Gasteiger partial charge < -0.3 is 10.0 Å². The van der Waals surface area contributed by atoms with Gasteiger partial charge in [0.15, 0.2) is 0 Å². The second-order valence-electron chi connectivity index (χ2n) is 7.58. The summed E-state index contributed by atoms with van der Waals surface area (Å²) in [5, 5.41) is 10.3. The monoisotopic (exact) mass is 522 g/mol. The van der Waals surface area contributed by atoms with Crippen LogP contribution in [0.4, 0.5) is 0 Å². The summed E-state index contributed by atoms with van der Waals surface area (Å²) in [7, 11) is 0. The number of carboxylic acids is 1. The molecule has 0 unspecified atom stereocenters. The van der Waals surface area contributed by atoms with Crippen LogP contribution in [-0.4, -0.2) is 34.2 Å². The van der Waals surface area contributed by atoms with Crippen molar-refractivity contribution >= 4 is 51.7 Å². The van der Waals surface area contributed by atoms with E-state index in [2.05, 4.69) is 11.7 Å². The Labute approximate surface area is 214 Å². The van der Waals surface area contributed by atoms with E-state index in [0.29, 0.717) is 16.3 Å². The summed E-state index contributed by atoms with van der Waals surface area (Å²) in [6, 6.07) is 14.3. The van der Waals surface area contributed by atoms with Crippen molar-refractivity contribution in [1.82, 2.24) is 4.90 Å². The summed E-state index contributed by atoms with van der Waals surface area (Å²) >= 11 is 13.9. The van der Waals surface area contributed by atoms with E-state index in [1.54, 1.807) is 23.1 Å². The molecule has 2 aromatic rings. The van der Waals surface area contributed by atoms with Crippen LogP contribution in [0.1, 0.15) is 48.0 Å². The van der Waals surface area contributed by atoms with Crippen LogP contribution in [0.5, 0.6) is 0 Å². The lowest BCUT2D eigenvalue weighted by Gasteiger charge is -2.35. The minimum atomic E-state index is -1.11. The highest BCUT2D eigenvalue weighted by molar-refractivity contribution is 8.07. The molecule has 0 atom stereocenters. The molecule has 6 N–H and O–H groups in total. The number of aliphatic carboxylic acids is 1. The lowest BCUT2D eigenvalue weighted by molar-refractivity contribution is -0.379. The van der Waals surface area contributed by atoms with Gasteiger partial charge in [-0.1, -0.05) is 72.8 Å². The zero-order valence-corrected chi connectivity index (χ0v) is 21.4. The van der Waals surface area contributed by atoms with E-state index in [-0.39, 0.29) is 17.0 Å². The van der Waals surface area contributed by atoms with Gasteiger partial charge in [0.2, 0.25) is 0 Å². The van der Waals surface area contributed by atoms with E-state index in [1.807, 2.05) is 36.6 Å². The number of hydrogen-bond donors (Lipinski definition) is 3. The number of carboxylic acid groups (broad SMARTS) is 1. The van der Waals surface area contributed by atoms with Gasteiger partial charge in [-0.15, -0.1) is 11.8 Å². The average Bonchev–Trinajstić information content (AvgIpc) is 2.84. The second-order valence-corrected chi connectivity index (χ2v) is 9.27. The normalized spacial score (nSPS) is 14.7. The van der Waals surface area contributed by atoms with Gasteiger partial charge in [-0.25, -0.2) is 4.79 Å². The molecule has 0 aromatic heterocycles. The number of rotatable bonds is 7. The Morgan fingerprint density at radius 3 is 2.26 bits per heavy atom. The Balaban J connectivity index is 0.00000199. The van der Waals surface area contributed by atoms with Gasteiger partial charge in [-0.3, -0.25) is 10.6 Å². The van der Waals surface area contributed by atoms with E-state index < -0.39 is 5.97 Å². The highest BCUT2D eigenvalue weighted by Gasteiger charge is 2.30. The molecular formula is C25H30Cl2N3O3S+. The lowest BCUT2D eigenvalue weighted by Crippen LogP contribution is -2.59. The van der Waals surface area contributed by atoms with Gasteiger partial charge in [0, 0.05) is 22.0 Å². The molecule has 1 fully saturated rings. The molecule has 3 rings (SSSR count). The minimum Gasteiger partial charge on any atom is -0.478 e. The number of halogens is 2. The van der Waals surface area contributed by atoms with Crippen LogP contribution in [0.3, 0.4) is 0 Å². The van der Waals surface area contributed by atoms with Crippen molar-refractivity contribution in [3.8, 4) is 0 Å². The van der Waals surface area contributed by atoms with Gasteiger partial charge in [0.25, 0.3) is 5.91 Å². The topological polar surface area (TPSA) is 111 Å². The molecule has 182 valence electrons. The third kappa shape index (κ3) is 7.61. The first kappa shape index (κ1) is 28.0. The maximum Gasteiger partial charge on any atom is 0.330 e. The number of quaternary nitrogens is 1. The Bertz CT molecular complexity index is 1040. The predicted octanol–water partition coefficient (Wildman–Crippen LogP) is 5.24. The number of nitrogens with zero attached hydrogens (tertiary/aromatic N) is 1. The molecule has 6 nitrogen and oxygen atoms in total. The number of benzene rings is 2. The van der Waals surface area contributed by atoms with E-state index in [4.69, 9.17) is 23.2 Å². The number of amides is 1. The molecule has 0 bridgehead atoms. The van der Waals surface area contributed by atoms with Crippen LogP contribution in [-0.2, 0) is 4.79 Å². The quantitative estimate of drug-likeness (QED) is 0.199. The van der Waals surface area contributed by atoms with Crippen LogP contribution >= 0.6 is 35.0 Å². The summed E-state index contributed by atoms with van der Waals surface area (Å²) in [6.07, 6.45) is 9.51. The van der Waals surface area contributed by atoms with Gasteiger partial charge in [-0.05, 0) is 48.9 Å². The molecule has 0 radical (unpaired) electrons. The highest BCUT2D eigenvalue weighted by Crippen LogP contribution is 2.33. The molecule has 0 heterocycles. The SMILES string of the molecule is CS/C(=C\C(=C\C(=O)O)N(C(=O)c1ccc(Cl)cc1Cl)C1CCCCC1)c1ccccc1.N[NH3+]. The predicted molar refractivity (Wildman–Crippen MR) is 140 cm³/mol. The van der Waals surface area contributed by atoms with Crippen LogP contribution in [0.2, 0.25) is 10.0 Å². The first-order valence-corrected chi connectivity index (χ1v) is 12.8. The van der Waals surface area contributed by atoms with E-state index in [1.165, 1.54) is 17.8 Å². The molecule has 1 amide bonds. The number of hydrogen-bond acceptors (Lipinski definition) is 4. The standard InChI is InChI=1S/C25H25Cl2NO3S.H4N2/c1-32-23(17-8-4-2-5-9-17)15-20(16-24(29)30)28(19-10-6-3-7-11-19)25(31)21-13-12-18(26)14-22(21)27;1-2/h2,4-5,8-9,12-16,19H,3,6-7,10-11H2,1H3,(H,29,30);1-2H2/p+1/b20-16-,23-15-;. The van der Waals surface area contributed by atoms with Crippen molar-refractivity contribution in [3.63, 3.8) is 0 Å².